The molecular formula is C15H27N3O2S. The lowest BCUT2D eigenvalue weighted by molar-refractivity contribution is 0.187. The van der Waals surface area contributed by atoms with E-state index in [2.05, 4.69) is 19.2 Å². The van der Waals surface area contributed by atoms with Crippen LogP contribution in [0, 0.1) is 5.41 Å². The van der Waals surface area contributed by atoms with E-state index < -0.39 is 10.0 Å². The van der Waals surface area contributed by atoms with Crippen molar-refractivity contribution in [2.45, 2.75) is 51.6 Å². The van der Waals surface area contributed by atoms with E-state index in [9.17, 15) is 8.42 Å². The van der Waals surface area contributed by atoms with Gasteiger partial charge in [-0.25, -0.2) is 8.42 Å². The Balaban J connectivity index is 2.31. The van der Waals surface area contributed by atoms with Crippen LogP contribution in [-0.2, 0) is 23.1 Å². The van der Waals surface area contributed by atoms with Crippen molar-refractivity contribution in [3.63, 3.8) is 0 Å². The number of sulfonamides is 1. The highest BCUT2D eigenvalue weighted by molar-refractivity contribution is 7.89. The third-order valence-corrected chi connectivity index (χ3v) is 5.97. The van der Waals surface area contributed by atoms with Crippen LogP contribution in [-0.4, -0.2) is 37.4 Å². The topological polar surface area (TPSA) is 54.3 Å². The Labute approximate surface area is 128 Å². The van der Waals surface area contributed by atoms with Gasteiger partial charge in [0.1, 0.15) is 4.90 Å². The van der Waals surface area contributed by atoms with Crippen molar-refractivity contribution in [2.75, 3.05) is 20.1 Å². The molecule has 1 aromatic heterocycles. The van der Waals surface area contributed by atoms with E-state index in [1.807, 2.05) is 18.5 Å². The van der Waals surface area contributed by atoms with E-state index in [0.29, 0.717) is 24.5 Å². The molecule has 0 aliphatic carbocycles. The van der Waals surface area contributed by atoms with Crippen molar-refractivity contribution >= 4 is 10.0 Å². The summed E-state index contributed by atoms with van der Waals surface area (Å²) >= 11 is 0. The molecule has 1 fully saturated rings. The SMILES string of the molecule is CCn1cc(S(=O)(=O)N2CCCC(C)(C)C2)cc1CNC. The molecule has 0 spiro atoms. The summed E-state index contributed by atoms with van der Waals surface area (Å²) in [6, 6.07) is 1.80. The summed E-state index contributed by atoms with van der Waals surface area (Å²) in [6.07, 6.45) is 3.79. The number of piperidine rings is 1. The summed E-state index contributed by atoms with van der Waals surface area (Å²) in [5.41, 5.74) is 1.07. The molecule has 0 saturated carbocycles. The highest BCUT2D eigenvalue weighted by Gasteiger charge is 2.34. The largest absolute Gasteiger partial charge is 0.349 e. The molecule has 2 heterocycles. The fraction of sp³-hybridized carbons (Fsp3) is 0.733. The molecule has 1 aliphatic rings. The fourth-order valence-electron chi connectivity index (χ4n) is 3.01. The highest BCUT2D eigenvalue weighted by Crippen LogP contribution is 2.32. The Morgan fingerprint density at radius 3 is 2.67 bits per heavy atom. The first-order valence-corrected chi connectivity index (χ1v) is 9.08. The molecule has 0 radical (unpaired) electrons. The third kappa shape index (κ3) is 3.49. The second-order valence-corrected chi connectivity index (χ2v) is 8.53. The fourth-order valence-corrected chi connectivity index (χ4v) is 4.75. The van der Waals surface area contributed by atoms with Gasteiger partial charge in [-0.05, 0) is 38.3 Å². The first kappa shape index (κ1) is 16.5. The molecule has 0 amide bonds. The minimum Gasteiger partial charge on any atom is -0.349 e. The molecule has 1 N–H and O–H groups in total. The first-order valence-electron chi connectivity index (χ1n) is 7.64. The van der Waals surface area contributed by atoms with Crippen LogP contribution in [0.4, 0.5) is 0 Å². The Morgan fingerprint density at radius 2 is 2.10 bits per heavy atom. The summed E-state index contributed by atoms with van der Waals surface area (Å²) in [5, 5.41) is 3.09. The molecular weight excluding hydrogens is 286 g/mol. The zero-order valence-corrected chi connectivity index (χ0v) is 14.3. The zero-order valence-electron chi connectivity index (χ0n) is 13.5. The van der Waals surface area contributed by atoms with Crippen LogP contribution in [0.3, 0.4) is 0 Å². The minimum absolute atomic E-state index is 0.0620. The summed E-state index contributed by atoms with van der Waals surface area (Å²) in [5.74, 6) is 0. The highest BCUT2D eigenvalue weighted by atomic mass is 32.2. The molecule has 2 rings (SSSR count). The Kier molecular flexibility index (Phi) is 4.80. The van der Waals surface area contributed by atoms with E-state index in [1.165, 1.54) is 0 Å². The second-order valence-electron chi connectivity index (χ2n) is 6.59. The Morgan fingerprint density at radius 1 is 1.38 bits per heavy atom. The molecule has 1 saturated heterocycles. The average Bonchev–Trinajstić information content (AvgIpc) is 2.82. The summed E-state index contributed by atoms with van der Waals surface area (Å²) in [7, 11) is -1.51. The van der Waals surface area contributed by atoms with E-state index in [4.69, 9.17) is 0 Å². The van der Waals surface area contributed by atoms with E-state index in [0.717, 1.165) is 25.1 Å². The van der Waals surface area contributed by atoms with Gasteiger partial charge < -0.3 is 9.88 Å². The zero-order chi connectivity index (χ0) is 15.7. The standard InChI is InChI=1S/C15H27N3O2S/c1-5-17-11-14(9-13(17)10-16-4)21(19,20)18-8-6-7-15(2,3)12-18/h9,11,16H,5-8,10,12H2,1-4H3. The van der Waals surface area contributed by atoms with Gasteiger partial charge in [-0.3, -0.25) is 0 Å². The summed E-state index contributed by atoms with van der Waals surface area (Å²) in [4.78, 5) is 0.423. The molecule has 0 unspecified atom stereocenters. The molecule has 0 bridgehead atoms. The summed E-state index contributed by atoms with van der Waals surface area (Å²) in [6.45, 7) is 8.99. The maximum atomic E-state index is 12.9. The van der Waals surface area contributed by atoms with Crippen LogP contribution in [0.5, 0.6) is 0 Å². The molecule has 6 heteroatoms. The molecule has 1 aromatic rings. The maximum absolute atomic E-state index is 12.9. The van der Waals surface area contributed by atoms with Crippen molar-refractivity contribution in [2.24, 2.45) is 5.41 Å². The number of nitrogens with zero attached hydrogens (tertiary/aromatic N) is 2. The van der Waals surface area contributed by atoms with Crippen LogP contribution in [0.15, 0.2) is 17.2 Å². The number of aryl methyl sites for hydroxylation is 1. The number of hydrogen-bond donors (Lipinski definition) is 1. The lowest BCUT2D eigenvalue weighted by Crippen LogP contribution is -2.43. The predicted octanol–water partition coefficient (Wildman–Crippen LogP) is 2.04. The van der Waals surface area contributed by atoms with Crippen LogP contribution in [0.2, 0.25) is 0 Å². The molecule has 120 valence electrons. The number of rotatable bonds is 5. The van der Waals surface area contributed by atoms with Crippen LogP contribution < -0.4 is 5.32 Å². The van der Waals surface area contributed by atoms with Crippen LogP contribution in [0.1, 0.15) is 39.3 Å². The van der Waals surface area contributed by atoms with Crippen LogP contribution in [0.25, 0.3) is 0 Å². The van der Waals surface area contributed by atoms with Gasteiger partial charge in [0, 0.05) is 38.1 Å². The van der Waals surface area contributed by atoms with Gasteiger partial charge in [0.2, 0.25) is 10.0 Å². The van der Waals surface area contributed by atoms with E-state index in [1.54, 1.807) is 16.6 Å². The molecule has 0 atom stereocenters. The monoisotopic (exact) mass is 313 g/mol. The van der Waals surface area contributed by atoms with Gasteiger partial charge in [0.25, 0.3) is 0 Å². The third-order valence-electron chi connectivity index (χ3n) is 4.16. The number of nitrogens with one attached hydrogen (secondary N) is 1. The average molecular weight is 313 g/mol. The second kappa shape index (κ2) is 6.10. The van der Waals surface area contributed by atoms with Gasteiger partial charge in [0.05, 0.1) is 0 Å². The van der Waals surface area contributed by atoms with Crippen molar-refractivity contribution in [3.05, 3.63) is 18.0 Å². The van der Waals surface area contributed by atoms with E-state index in [-0.39, 0.29) is 5.41 Å². The normalized spacial score (nSPS) is 19.8. The van der Waals surface area contributed by atoms with Crippen molar-refractivity contribution in [1.82, 2.24) is 14.2 Å². The minimum atomic E-state index is -3.38. The van der Waals surface area contributed by atoms with Gasteiger partial charge >= 0.3 is 0 Å². The molecule has 1 aliphatic heterocycles. The smallest absolute Gasteiger partial charge is 0.244 e. The first-order chi connectivity index (χ1) is 9.80. The number of aromatic nitrogens is 1. The lowest BCUT2D eigenvalue weighted by Gasteiger charge is -2.36. The quantitative estimate of drug-likeness (QED) is 0.905. The molecule has 21 heavy (non-hydrogen) atoms. The Hall–Kier alpha value is -0.850. The summed E-state index contributed by atoms with van der Waals surface area (Å²) < 4.78 is 29.4. The van der Waals surface area contributed by atoms with Gasteiger partial charge in [-0.1, -0.05) is 13.8 Å². The van der Waals surface area contributed by atoms with Crippen molar-refractivity contribution in [1.29, 1.82) is 0 Å². The molecule has 0 aromatic carbocycles. The molecule has 5 nitrogen and oxygen atoms in total. The maximum Gasteiger partial charge on any atom is 0.244 e. The Bertz CT molecular complexity index is 590. The van der Waals surface area contributed by atoms with Crippen molar-refractivity contribution < 1.29 is 8.42 Å². The number of hydrogen-bond acceptors (Lipinski definition) is 3. The van der Waals surface area contributed by atoms with Gasteiger partial charge in [0.15, 0.2) is 0 Å². The predicted molar refractivity (Wildman–Crippen MR) is 84.6 cm³/mol. The van der Waals surface area contributed by atoms with Gasteiger partial charge in [-0.2, -0.15) is 4.31 Å². The van der Waals surface area contributed by atoms with Gasteiger partial charge in [-0.15, -0.1) is 0 Å². The lowest BCUT2D eigenvalue weighted by atomic mass is 9.85. The van der Waals surface area contributed by atoms with Crippen molar-refractivity contribution in [3.8, 4) is 0 Å². The van der Waals surface area contributed by atoms with E-state index >= 15 is 0 Å². The van der Waals surface area contributed by atoms with Crippen LogP contribution >= 0.6 is 0 Å².